The lowest BCUT2D eigenvalue weighted by molar-refractivity contribution is -0.138. The van der Waals surface area contributed by atoms with E-state index in [2.05, 4.69) is 16.2 Å². The highest BCUT2D eigenvalue weighted by atomic mass is 16.5. The van der Waals surface area contributed by atoms with Gasteiger partial charge >= 0.3 is 5.97 Å². The fourth-order valence-electron chi connectivity index (χ4n) is 3.06. The summed E-state index contributed by atoms with van der Waals surface area (Å²) in [6.07, 6.45) is 6.07. The number of ether oxygens (including phenoxy) is 1. The van der Waals surface area contributed by atoms with E-state index >= 15 is 0 Å². The number of benzene rings is 1. The van der Waals surface area contributed by atoms with Gasteiger partial charge in [0.2, 0.25) is 5.91 Å². The fraction of sp³-hybridized carbons (Fsp3) is 0.550. The molecule has 4 N–H and O–H groups in total. The van der Waals surface area contributed by atoms with Gasteiger partial charge in [0.05, 0.1) is 13.0 Å². The quantitative estimate of drug-likeness (QED) is 0.428. The summed E-state index contributed by atoms with van der Waals surface area (Å²) in [6, 6.07) is 5.89. The van der Waals surface area contributed by atoms with Crippen molar-refractivity contribution in [3.8, 4) is 0 Å². The van der Waals surface area contributed by atoms with Crippen LogP contribution >= 0.6 is 0 Å². The number of hydrazine groups is 1. The Morgan fingerprint density at radius 2 is 1.89 bits per heavy atom. The van der Waals surface area contributed by atoms with Crippen molar-refractivity contribution in [2.24, 2.45) is 0 Å². The van der Waals surface area contributed by atoms with Gasteiger partial charge in [0, 0.05) is 18.5 Å². The Hall–Kier alpha value is -2.45. The van der Waals surface area contributed by atoms with E-state index in [4.69, 9.17) is 9.84 Å². The fourth-order valence-corrected chi connectivity index (χ4v) is 3.06. The molecule has 0 bridgehead atoms. The average Bonchev–Trinajstić information content (AvgIpc) is 2.66. The molecule has 0 atom stereocenters. The van der Waals surface area contributed by atoms with Crippen molar-refractivity contribution in [1.82, 2.24) is 16.2 Å². The molecule has 2 rings (SSSR count). The van der Waals surface area contributed by atoms with E-state index in [1.54, 1.807) is 0 Å². The molecule has 154 valence electrons. The Morgan fingerprint density at radius 1 is 1.11 bits per heavy atom. The van der Waals surface area contributed by atoms with Crippen molar-refractivity contribution < 1.29 is 24.2 Å². The Morgan fingerprint density at radius 3 is 2.71 bits per heavy atom. The third-order valence-corrected chi connectivity index (χ3v) is 4.58. The zero-order valence-electron chi connectivity index (χ0n) is 16.1. The summed E-state index contributed by atoms with van der Waals surface area (Å²) in [7, 11) is 0. The number of nitrogens with one attached hydrogen (secondary N) is 3. The molecule has 1 aliphatic heterocycles. The van der Waals surface area contributed by atoms with Gasteiger partial charge in [0.25, 0.3) is 5.91 Å². The zero-order valence-corrected chi connectivity index (χ0v) is 16.1. The van der Waals surface area contributed by atoms with Gasteiger partial charge in [0.1, 0.15) is 6.73 Å². The minimum Gasteiger partial charge on any atom is -0.481 e. The second kappa shape index (κ2) is 12.1. The first-order valence-corrected chi connectivity index (χ1v) is 9.77. The van der Waals surface area contributed by atoms with E-state index in [1.807, 2.05) is 18.2 Å². The van der Waals surface area contributed by atoms with Gasteiger partial charge in [-0.15, -0.1) is 0 Å². The first-order chi connectivity index (χ1) is 13.6. The molecule has 0 fully saturated rings. The lowest BCUT2D eigenvalue weighted by atomic mass is 9.99. The van der Waals surface area contributed by atoms with Crippen LogP contribution in [0.5, 0.6) is 0 Å². The predicted molar refractivity (Wildman–Crippen MR) is 103 cm³/mol. The Labute approximate surface area is 165 Å². The van der Waals surface area contributed by atoms with Crippen molar-refractivity contribution in [2.75, 3.05) is 13.3 Å². The molecule has 0 unspecified atom stereocenters. The highest BCUT2D eigenvalue weighted by Gasteiger charge is 2.14. The molecule has 1 aromatic carbocycles. The SMILES string of the molecule is O=C(O)CCC(=O)NCCCCCCCc1ccc2c(c1)COCNNC2=O. The zero-order chi connectivity index (χ0) is 20.2. The molecular formula is C20H29N3O5. The molecule has 0 spiro atoms. The first-order valence-electron chi connectivity index (χ1n) is 9.77. The van der Waals surface area contributed by atoms with Gasteiger partial charge in [0.15, 0.2) is 0 Å². The van der Waals surface area contributed by atoms with Gasteiger partial charge in [-0.3, -0.25) is 19.8 Å². The number of fused-ring (bicyclic) bond motifs is 1. The third kappa shape index (κ3) is 8.06. The van der Waals surface area contributed by atoms with Crippen LogP contribution < -0.4 is 16.2 Å². The van der Waals surface area contributed by atoms with Gasteiger partial charge in [-0.05, 0) is 36.5 Å². The molecule has 8 nitrogen and oxygen atoms in total. The van der Waals surface area contributed by atoms with Crippen molar-refractivity contribution in [3.05, 3.63) is 34.9 Å². The minimum atomic E-state index is -0.951. The number of aliphatic carboxylic acids is 1. The topological polar surface area (TPSA) is 117 Å². The van der Waals surface area contributed by atoms with E-state index in [-0.39, 0.29) is 31.4 Å². The third-order valence-electron chi connectivity index (χ3n) is 4.58. The highest BCUT2D eigenvalue weighted by Crippen LogP contribution is 2.17. The van der Waals surface area contributed by atoms with Crippen LogP contribution in [-0.4, -0.2) is 36.2 Å². The second-order valence-corrected chi connectivity index (χ2v) is 6.88. The molecule has 8 heteroatoms. The van der Waals surface area contributed by atoms with E-state index in [0.717, 1.165) is 44.1 Å². The Bertz CT molecular complexity index is 678. The average molecular weight is 391 g/mol. The summed E-state index contributed by atoms with van der Waals surface area (Å²) in [5.74, 6) is -1.29. The summed E-state index contributed by atoms with van der Waals surface area (Å²) in [5, 5.41) is 11.3. The number of carbonyl (C=O) groups is 3. The number of carboxylic acid groups (broad SMARTS) is 1. The maximum atomic E-state index is 12.0. The van der Waals surface area contributed by atoms with Crippen LogP contribution in [-0.2, 0) is 27.4 Å². The highest BCUT2D eigenvalue weighted by molar-refractivity contribution is 5.95. The molecule has 0 saturated carbocycles. The second-order valence-electron chi connectivity index (χ2n) is 6.88. The van der Waals surface area contributed by atoms with Crippen molar-refractivity contribution in [1.29, 1.82) is 0 Å². The number of aryl methyl sites for hydroxylation is 1. The monoisotopic (exact) mass is 391 g/mol. The summed E-state index contributed by atoms with van der Waals surface area (Å²) < 4.78 is 5.44. The molecule has 1 aliphatic rings. The summed E-state index contributed by atoms with van der Waals surface area (Å²) in [4.78, 5) is 33.8. The summed E-state index contributed by atoms with van der Waals surface area (Å²) >= 11 is 0. The van der Waals surface area contributed by atoms with Crippen molar-refractivity contribution in [2.45, 2.75) is 58.0 Å². The van der Waals surface area contributed by atoms with E-state index in [1.165, 1.54) is 5.56 Å². The predicted octanol–water partition coefficient (Wildman–Crippen LogP) is 1.88. The van der Waals surface area contributed by atoms with Gasteiger partial charge in [-0.1, -0.05) is 31.4 Å². The van der Waals surface area contributed by atoms with E-state index < -0.39 is 5.97 Å². The van der Waals surface area contributed by atoms with Crippen LogP contribution in [0.4, 0.5) is 0 Å². The summed E-state index contributed by atoms with van der Waals surface area (Å²) in [5.41, 5.74) is 8.05. The largest absolute Gasteiger partial charge is 0.481 e. The van der Waals surface area contributed by atoms with Crippen LogP contribution in [0.3, 0.4) is 0 Å². The maximum Gasteiger partial charge on any atom is 0.303 e. The molecule has 28 heavy (non-hydrogen) atoms. The lowest BCUT2D eigenvalue weighted by Gasteiger charge is -2.16. The minimum absolute atomic E-state index is 0.0410. The number of unbranched alkanes of at least 4 members (excludes halogenated alkanes) is 4. The van der Waals surface area contributed by atoms with Crippen molar-refractivity contribution in [3.63, 3.8) is 0 Å². The molecule has 1 aromatic rings. The molecule has 0 aliphatic carbocycles. The smallest absolute Gasteiger partial charge is 0.303 e. The van der Waals surface area contributed by atoms with Crippen LogP contribution in [0.25, 0.3) is 0 Å². The van der Waals surface area contributed by atoms with Gasteiger partial charge < -0.3 is 15.2 Å². The van der Waals surface area contributed by atoms with E-state index in [9.17, 15) is 14.4 Å². The normalized spacial score (nSPS) is 13.8. The van der Waals surface area contributed by atoms with Crippen LogP contribution in [0.2, 0.25) is 0 Å². The van der Waals surface area contributed by atoms with Crippen molar-refractivity contribution >= 4 is 17.8 Å². The standard InChI is InChI=1S/C20H29N3O5/c24-18(9-10-19(25)26)21-11-5-3-1-2-4-6-15-7-8-17-16(12-15)13-28-14-22-23-20(17)27/h7-8,12,22H,1-6,9-11,13-14H2,(H,21,24)(H,23,27)(H,25,26). The summed E-state index contributed by atoms with van der Waals surface area (Å²) in [6.45, 7) is 1.30. The van der Waals surface area contributed by atoms with Crippen LogP contribution in [0.1, 0.15) is 66.4 Å². The van der Waals surface area contributed by atoms with Crippen LogP contribution in [0, 0.1) is 0 Å². The van der Waals surface area contributed by atoms with Crippen LogP contribution in [0.15, 0.2) is 18.2 Å². The Kier molecular flexibility index (Phi) is 9.44. The molecule has 0 aromatic heterocycles. The molecular weight excluding hydrogens is 362 g/mol. The Balaban J connectivity index is 1.58. The molecule has 0 radical (unpaired) electrons. The maximum absolute atomic E-state index is 12.0. The number of carbonyl (C=O) groups excluding carboxylic acids is 2. The number of amides is 2. The molecule has 2 amide bonds. The van der Waals surface area contributed by atoms with E-state index in [0.29, 0.717) is 18.7 Å². The molecule has 0 saturated heterocycles. The van der Waals surface area contributed by atoms with Gasteiger partial charge in [-0.2, -0.15) is 0 Å². The number of carboxylic acids is 1. The molecule has 1 heterocycles. The number of hydrogen-bond donors (Lipinski definition) is 4. The number of hydrogen-bond acceptors (Lipinski definition) is 5. The number of rotatable bonds is 11. The first kappa shape index (κ1) is 21.8. The lowest BCUT2D eigenvalue weighted by Crippen LogP contribution is -2.40. The van der Waals surface area contributed by atoms with Gasteiger partial charge in [-0.25, -0.2) is 5.43 Å².